The first-order valence-corrected chi connectivity index (χ1v) is 11.9. The summed E-state index contributed by atoms with van der Waals surface area (Å²) < 4.78 is 46.4. The van der Waals surface area contributed by atoms with E-state index >= 15 is 0 Å². The molecule has 0 saturated carbocycles. The van der Waals surface area contributed by atoms with Crippen LogP contribution in [0.4, 0.5) is 9.52 Å². The number of ether oxygens (including phenoxy) is 1. The standard InChI is InChI=1S/C20H17ClFN3O4S2/c21-14-3-1-13(2-4-14)18-12-30-20(23-18)24-19(26)16-11-15(5-6-17(16)22)31(27,28)25-7-9-29-10-8-25/h1-6,11-12H,7-10H2,(H,23,24,26). The van der Waals surface area contributed by atoms with Crippen molar-refractivity contribution in [2.45, 2.75) is 4.90 Å². The van der Waals surface area contributed by atoms with Crippen molar-refractivity contribution >= 4 is 44.0 Å². The lowest BCUT2D eigenvalue weighted by Gasteiger charge is -2.26. The second kappa shape index (κ2) is 9.01. The number of amides is 1. The first-order chi connectivity index (χ1) is 14.8. The van der Waals surface area contributed by atoms with E-state index in [0.717, 1.165) is 23.8 Å². The number of carbonyl (C=O) groups excluding carboxylic acids is 1. The Morgan fingerprint density at radius 3 is 2.58 bits per heavy atom. The Kier molecular flexibility index (Phi) is 6.35. The van der Waals surface area contributed by atoms with E-state index < -0.39 is 21.7 Å². The summed E-state index contributed by atoms with van der Waals surface area (Å²) in [7, 11) is -3.86. The summed E-state index contributed by atoms with van der Waals surface area (Å²) in [6.45, 7) is 0.975. The molecule has 2 aromatic carbocycles. The number of sulfonamides is 1. The van der Waals surface area contributed by atoms with Crippen LogP contribution in [-0.2, 0) is 14.8 Å². The van der Waals surface area contributed by atoms with E-state index in [4.69, 9.17) is 16.3 Å². The van der Waals surface area contributed by atoms with Crippen molar-refractivity contribution in [1.29, 1.82) is 0 Å². The number of hydrogen-bond acceptors (Lipinski definition) is 6. The highest BCUT2D eigenvalue weighted by molar-refractivity contribution is 7.89. The highest BCUT2D eigenvalue weighted by Crippen LogP contribution is 2.27. The van der Waals surface area contributed by atoms with Crippen molar-refractivity contribution in [3.8, 4) is 11.3 Å². The van der Waals surface area contributed by atoms with Crippen LogP contribution in [0, 0.1) is 5.82 Å². The molecule has 0 aliphatic carbocycles. The maximum atomic E-state index is 14.3. The topological polar surface area (TPSA) is 88.6 Å². The van der Waals surface area contributed by atoms with Crippen molar-refractivity contribution in [2.75, 3.05) is 31.6 Å². The molecular weight excluding hydrogens is 465 g/mol. The van der Waals surface area contributed by atoms with E-state index in [-0.39, 0.29) is 41.9 Å². The Morgan fingerprint density at radius 1 is 1.16 bits per heavy atom. The Bertz CT molecular complexity index is 1210. The average Bonchev–Trinajstić information content (AvgIpc) is 3.23. The maximum absolute atomic E-state index is 14.3. The summed E-state index contributed by atoms with van der Waals surface area (Å²) in [5.74, 6) is -1.61. The van der Waals surface area contributed by atoms with Gasteiger partial charge in [-0.05, 0) is 30.3 Å². The fraction of sp³-hybridized carbons (Fsp3) is 0.200. The van der Waals surface area contributed by atoms with E-state index in [1.54, 1.807) is 29.6 Å². The molecule has 162 valence electrons. The number of anilines is 1. The van der Waals surface area contributed by atoms with Crippen LogP contribution in [-0.4, -0.2) is 49.9 Å². The summed E-state index contributed by atoms with van der Waals surface area (Å²) >= 11 is 7.06. The fourth-order valence-electron chi connectivity index (χ4n) is 3.02. The van der Waals surface area contributed by atoms with Gasteiger partial charge in [0.25, 0.3) is 5.91 Å². The van der Waals surface area contributed by atoms with Crippen LogP contribution in [0.25, 0.3) is 11.3 Å². The monoisotopic (exact) mass is 481 g/mol. The first kappa shape index (κ1) is 21.8. The molecule has 1 N–H and O–H groups in total. The van der Waals surface area contributed by atoms with Gasteiger partial charge >= 0.3 is 0 Å². The van der Waals surface area contributed by atoms with Crippen molar-refractivity contribution in [2.24, 2.45) is 0 Å². The number of morpholine rings is 1. The van der Waals surface area contributed by atoms with Crippen molar-refractivity contribution in [3.05, 3.63) is 64.2 Å². The third kappa shape index (κ3) is 4.78. The lowest BCUT2D eigenvalue weighted by molar-refractivity contribution is 0.0730. The highest BCUT2D eigenvalue weighted by Gasteiger charge is 2.28. The van der Waals surface area contributed by atoms with Gasteiger partial charge in [-0.2, -0.15) is 4.31 Å². The molecule has 0 radical (unpaired) electrons. The predicted octanol–water partition coefficient (Wildman–Crippen LogP) is 3.88. The zero-order valence-corrected chi connectivity index (χ0v) is 18.4. The van der Waals surface area contributed by atoms with Gasteiger partial charge in [0.05, 0.1) is 29.4 Å². The van der Waals surface area contributed by atoms with Gasteiger partial charge in [0.2, 0.25) is 10.0 Å². The second-order valence-corrected chi connectivity index (χ2v) is 9.89. The summed E-state index contributed by atoms with van der Waals surface area (Å²) in [6, 6.07) is 10.2. The van der Waals surface area contributed by atoms with Crippen LogP contribution >= 0.6 is 22.9 Å². The average molecular weight is 482 g/mol. The molecule has 1 aliphatic heterocycles. The minimum atomic E-state index is -3.86. The second-order valence-electron chi connectivity index (χ2n) is 6.66. The number of thiazole rings is 1. The number of halogens is 2. The molecule has 1 amide bonds. The lowest BCUT2D eigenvalue weighted by atomic mass is 10.2. The van der Waals surface area contributed by atoms with Gasteiger partial charge in [-0.15, -0.1) is 11.3 Å². The quantitative estimate of drug-likeness (QED) is 0.597. The van der Waals surface area contributed by atoms with Crippen molar-refractivity contribution in [1.82, 2.24) is 9.29 Å². The molecule has 1 aromatic heterocycles. The minimum absolute atomic E-state index is 0.151. The minimum Gasteiger partial charge on any atom is -0.379 e. The number of hydrogen-bond donors (Lipinski definition) is 1. The van der Waals surface area contributed by atoms with Gasteiger partial charge in [0, 0.05) is 29.1 Å². The summed E-state index contributed by atoms with van der Waals surface area (Å²) in [4.78, 5) is 16.8. The lowest BCUT2D eigenvalue weighted by Crippen LogP contribution is -2.40. The molecule has 0 spiro atoms. The largest absolute Gasteiger partial charge is 0.379 e. The molecule has 4 rings (SSSR count). The molecule has 0 unspecified atom stereocenters. The van der Waals surface area contributed by atoms with Gasteiger partial charge in [0.1, 0.15) is 5.82 Å². The summed E-state index contributed by atoms with van der Waals surface area (Å²) in [5.41, 5.74) is 1.06. The Morgan fingerprint density at radius 2 is 1.87 bits per heavy atom. The van der Waals surface area contributed by atoms with Crippen LogP contribution in [0.15, 0.2) is 52.7 Å². The maximum Gasteiger partial charge on any atom is 0.260 e. The number of aromatic nitrogens is 1. The molecule has 1 aliphatic rings. The van der Waals surface area contributed by atoms with E-state index in [9.17, 15) is 17.6 Å². The zero-order chi connectivity index (χ0) is 22.0. The molecule has 2 heterocycles. The van der Waals surface area contributed by atoms with Crippen LogP contribution < -0.4 is 5.32 Å². The van der Waals surface area contributed by atoms with Crippen LogP contribution in [0.5, 0.6) is 0 Å². The molecule has 7 nitrogen and oxygen atoms in total. The molecular formula is C20H17ClFN3O4S2. The molecule has 0 bridgehead atoms. The van der Waals surface area contributed by atoms with E-state index in [0.29, 0.717) is 10.7 Å². The Hall–Kier alpha value is -2.37. The van der Waals surface area contributed by atoms with Gasteiger partial charge in [-0.25, -0.2) is 17.8 Å². The Labute approximate surface area is 187 Å². The van der Waals surface area contributed by atoms with Crippen LogP contribution in [0.1, 0.15) is 10.4 Å². The molecule has 0 atom stereocenters. The first-order valence-electron chi connectivity index (χ1n) is 9.25. The van der Waals surface area contributed by atoms with E-state index in [1.807, 2.05) is 0 Å². The Balaban J connectivity index is 1.55. The van der Waals surface area contributed by atoms with E-state index in [1.165, 1.54) is 15.6 Å². The molecule has 31 heavy (non-hydrogen) atoms. The molecule has 1 fully saturated rings. The number of nitrogens with zero attached hydrogens (tertiary/aromatic N) is 2. The van der Waals surface area contributed by atoms with Gasteiger partial charge < -0.3 is 4.74 Å². The van der Waals surface area contributed by atoms with Crippen molar-refractivity contribution in [3.63, 3.8) is 0 Å². The number of benzene rings is 2. The predicted molar refractivity (Wildman–Crippen MR) is 116 cm³/mol. The smallest absolute Gasteiger partial charge is 0.260 e. The SMILES string of the molecule is O=C(Nc1nc(-c2ccc(Cl)cc2)cs1)c1cc(S(=O)(=O)N2CCOCC2)ccc1F. The molecule has 11 heteroatoms. The van der Waals surface area contributed by atoms with Gasteiger partial charge in [0.15, 0.2) is 5.13 Å². The van der Waals surface area contributed by atoms with Crippen molar-refractivity contribution < 1.29 is 22.3 Å². The zero-order valence-electron chi connectivity index (χ0n) is 16.0. The molecule has 1 saturated heterocycles. The third-order valence-corrected chi connectivity index (χ3v) is 7.56. The molecule has 3 aromatic rings. The van der Waals surface area contributed by atoms with Crippen LogP contribution in [0.2, 0.25) is 5.02 Å². The third-order valence-electron chi connectivity index (χ3n) is 4.65. The summed E-state index contributed by atoms with van der Waals surface area (Å²) in [6.07, 6.45) is 0. The van der Waals surface area contributed by atoms with Crippen LogP contribution in [0.3, 0.4) is 0 Å². The normalized spacial score (nSPS) is 15.0. The fourth-order valence-corrected chi connectivity index (χ4v) is 5.30. The number of rotatable bonds is 5. The van der Waals surface area contributed by atoms with Gasteiger partial charge in [-0.1, -0.05) is 23.7 Å². The van der Waals surface area contributed by atoms with E-state index in [2.05, 4.69) is 10.3 Å². The highest BCUT2D eigenvalue weighted by atomic mass is 35.5. The number of nitrogens with one attached hydrogen (secondary N) is 1. The van der Waals surface area contributed by atoms with Gasteiger partial charge in [-0.3, -0.25) is 10.1 Å². The summed E-state index contributed by atoms with van der Waals surface area (Å²) in [5, 5.41) is 5.13. The number of carbonyl (C=O) groups is 1.